The minimum Gasteiger partial charge on any atom is -0.483 e. The fourth-order valence-electron chi connectivity index (χ4n) is 11.5. The molecule has 4 heterocycles. The first-order valence-corrected chi connectivity index (χ1v) is 25.0. The molecule has 326 valence electrons. The number of fused-ring (bicyclic) bond motifs is 5. The van der Waals surface area contributed by atoms with Crippen LogP contribution < -0.4 is 14.8 Å². The van der Waals surface area contributed by atoms with Gasteiger partial charge in [-0.15, -0.1) is 0 Å². The number of carbonyl (C=O) groups excluding carboxylic acids is 3. The Morgan fingerprint density at radius 2 is 1.62 bits per heavy atom. The van der Waals surface area contributed by atoms with Gasteiger partial charge in [0.2, 0.25) is 21.8 Å². The predicted molar refractivity (Wildman–Crippen MR) is 233 cm³/mol. The molecule has 5 unspecified atom stereocenters. The summed E-state index contributed by atoms with van der Waals surface area (Å²) in [5, 5.41) is 4.19. The molecule has 9 rings (SSSR count). The van der Waals surface area contributed by atoms with Gasteiger partial charge in [-0.25, -0.2) is 13.4 Å². The summed E-state index contributed by atoms with van der Waals surface area (Å²) in [5.41, 5.74) is 0.593. The molecule has 60 heavy (non-hydrogen) atoms. The van der Waals surface area contributed by atoms with Crippen LogP contribution in [0.5, 0.6) is 5.75 Å². The van der Waals surface area contributed by atoms with Gasteiger partial charge in [0.1, 0.15) is 22.9 Å². The second kappa shape index (κ2) is 16.6. The van der Waals surface area contributed by atoms with E-state index in [-0.39, 0.29) is 30.8 Å². The number of hydrogen-bond donors (Lipinski definition) is 2. The van der Waals surface area contributed by atoms with Crippen LogP contribution in [0.15, 0.2) is 36.4 Å². The zero-order valence-corrected chi connectivity index (χ0v) is 36.8. The highest BCUT2D eigenvalue weighted by atomic mass is 32.2. The molecule has 1 saturated heterocycles. The summed E-state index contributed by atoms with van der Waals surface area (Å²) in [6.45, 7) is 5.66. The Hall–Kier alpha value is -3.51. The lowest BCUT2D eigenvalue weighted by Crippen LogP contribution is -2.58. The third kappa shape index (κ3) is 8.25. The number of aromatic nitrogens is 1. The van der Waals surface area contributed by atoms with Gasteiger partial charge in [0.15, 0.2) is 0 Å². The monoisotopic (exact) mass is 841 g/mol. The van der Waals surface area contributed by atoms with Crippen molar-refractivity contribution in [2.45, 2.75) is 177 Å². The number of pyridine rings is 1. The van der Waals surface area contributed by atoms with Gasteiger partial charge >= 0.3 is 0 Å². The molecule has 5 atom stereocenters. The highest BCUT2D eigenvalue weighted by Crippen LogP contribution is 2.49. The Kier molecular flexibility index (Phi) is 11.6. The third-order valence-corrected chi connectivity index (χ3v) is 18.1. The normalized spacial score (nSPS) is 31.0. The molecule has 7 aliphatic rings. The zero-order valence-electron chi connectivity index (χ0n) is 36.0. The van der Waals surface area contributed by atoms with Gasteiger partial charge in [0, 0.05) is 23.3 Å². The second-order valence-corrected chi connectivity index (χ2v) is 22.3. The minimum atomic E-state index is -3.94. The SMILES string of the molecule is Cc1nc2ccccc2c2c1OC1(CC2)CC2C(=O)NC3(C(=O)NS(=O)(=O)C4(C)CC4)CC3C=CCCCCCC(N(CCC3CCCC3)CCC3CCCC3)C(=O)N2C1. The van der Waals surface area contributed by atoms with Crippen molar-refractivity contribution in [2.24, 2.45) is 17.8 Å². The number of nitrogens with zero attached hydrogens (tertiary/aromatic N) is 3. The third-order valence-electron chi connectivity index (χ3n) is 15.9. The van der Waals surface area contributed by atoms with Crippen molar-refractivity contribution in [1.82, 2.24) is 24.8 Å². The summed E-state index contributed by atoms with van der Waals surface area (Å²) in [4.78, 5) is 54.1. The summed E-state index contributed by atoms with van der Waals surface area (Å²) in [5.74, 6) is 0.664. The van der Waals surface area contributed by atoms with Crippen molar-refractivity contribution in [1.29, 1.82) is 0 Å². The molecular formula is C48H67N5O6S. The summed E-state index contributed by atoms with van der Waals surface area (Å²) in [6, 6.07) is 6.87. The van der Waals surface area contributed by atoms with E-state index in [1.807, 2.05) is 36.1 Å². The van der Waals surface area contributed by atoms with Gasteiger partial charge in [0.25, 0.3) is 5.91 Å². The molecule has 11 nitrogen and oxygen atoms in total. The first-order chi connectivity index (χ1) is 28.9. The molecule has 0 bridgehead atoms. The second-order valence-electron chi connectivity index (χ2n) is 20.1. The van der Waals surface area contributed by atoms with Crippen LogP contribution in [0.1, 0.15) is 147 Å². The summed E-state index contributed by atoms with van der Waals surface area (Å²) < 4.78 is 35.3. The minimum absolute atomic E-state index is 0.0179. The van der Waals surface area contributed by atoms with Crippen LogP contribution >= 0.6 is 0 Å². The lowest BCUT2D eigenvalue weighted by molar-refractivity contribution is -0.144. The maximum Gasteiger partial charge on any atom is 0.259 e. The summed E-state index contributed by atoms with van der Waals surface area (Å²) in [6.07, 6.45) is 23.8. The topological polar surface area (TPSA) is 138 Å². The van der Waals surface area contributed by atoms with E-state index >= 15 is 9.59 Å². The predicted octanol–water partition coefficient (Wildman–Crippen LogP) is 7.43. The maximum absolute atomic E-state index is 15.6. The molecule has 1 spiro atoms. The molecule has 12 heteroatoms. The number of hydrogen-bond acceptors (Lipinski definition) is 8. The summed E-state index contributed by atoms with van der Waals surface area (Å²) in [7, 11) is -3.94. The largest absolute Gasteiger partial charge is 0.483 e. The van der Waals surface area contributed by atoms with Gasteiger partial charge in [0.05, 0.1) is 28.5 Å². The highest BCUT2D eigenvalue weighted by molar-refractivity contribution is 7.91. The number of allylic oxidation sites excluding steroid dienone is 1. The van der Waals surface area contributed by atoms with Gasteiger partial charge in [-0.2, -0.15) is 0 Å². The smallest absolute Gasteiger partial charge is 0.259 e. The van der Waals surface area contributed by atoms with Crippen LogP contribution in [-0.4, -0.2) is 88.5 Å². The maximum atomic E-state index is 15.6. The molecule has 2 N–H and O–H groups in total. The van der Waals surface area contributed by atoms with Crippen LogP contribution in [0.25, 0.3) is 10.9 Å². The van der Waals surface area contributed by atoms with E-state index in [0.717, 1.165) is 92.4 Å². The highest BCUT2D eigenvalue weighted by Gasteiger charge is 2.64. The summed E-state index contributed by atoms with van der Waals surface area (Å²) >= 11 is 0. The van der Waals surface area contributed by atoms with E-state index in [4.69, 9.17) is 9.72 Å². The number of ether oxygens (including phenoxy) is 1. The van der Waals surface area contributed by atoms with Gasteiger partial charge in [-0.05, 0) is 109 Å². The molecule has 4 aliphatic carbocycles. The van der Waals surface area contributed by atoms with Crippen LogP contribution in [0.3, 0.4) is 0 Å². The Labute approximate surface area is 357 Å². The number of amides is 3. The van der Waals surface area contributed by atoms with Crippen molar-refractivity contribution >= 4 is 38.6 Å². The number of carbonyl (C=O) groups is 3. The molecule has 5 fully saturated rings. The van der Waals surface area contributed by atoms with Crippen LogP contribution in [0, 0.1) is 24.7 Å². The Bertz CT molecular complexity index is 2090. The lowest BCUT2D eigenvalue weighted by Gasteiger charge is -2.38. The lowest BCUT2D eigenvalue weighted by atomic mass is 9.87. The Morgan fingerprint density at radius 3 is 2.32 bits per heavy atom. The van der Waals surface area contributed by atoms with Crippen molar-refractivity contribution in [3.8, 4) is 5.75 Å². The fourth-order valence-corrected chi connectivity index (χ4v) is 12.9. The Morgan fingerprint density at radius 1 is 0.933 bits per heavy atom. The average Bonchev–Trinajstić information content (AvgIpc) is 3.82. The van der Waals surface area contributed by atoms with Crippen LogP contribution in [0.2, 0.25) is 0 Å². The van der Waals surface area contributed by atoms with E-state index in [1.165, 1.54) is 51.4 Å². The molecule has 4 saturated carbocycles. The van der Waals surface area contributed by atoms with Crippen LogP contribution in [-0.2, 0) is 30.8 Å². The number of nitrogens with one attached hydrogen (secondary N) is 2. The van der Waals surface area contributed by atoms with Crippen molar-refractivity contribution in [3.05, 3.63) is 47.7 Å². The number of aryl methyl sites for hydroxylation is 2. The van der Waals surface area contributed by atoms with Gasteiger partial charge < -0.3 is 15.0 Å². The van der Waals surface area contributed by atoms with Crippen molar-refractivity contribution in [3.63, 3.8) is 0 Å². The van der Waals surface area contributed by atoms with E-state index in [0.29, 0.717) is 37.5 Å². The van der Waals surface area contributed by atoms with Crippen LogP contribution in [0.4, 0.5) is 0 Å². The first-order valence-electron chi connectivity index (χ1n) is 23.6. The number of para-hydroxylation sites is 1. The zero-order chi connectivity index (χ0) is 41.7. The molecule has 2 aromatic rings. The Balaban J connectivity index is 1.06. The van der Waals surface area contributed by atoms with E-state index in [2.05, 4.69) is 27.1 Å². The number of rotatable bonds is 10. The fraction of sp³-hybridized carbons (Fsp3) is 0.708. The molecule has 1 aromatic heterocycles. The quantitative estimate of drug-likeness (QED) is 0.236. The van der Waals surface area contributed by atoms with E-state index in [9.17, 15) is 13.2 Å². The molecule has 1 aromatic carbocycles. The number of benzene rings is 1. The first kappa shape index (κ1) is 41.8. The average molecular weight is 842 g/mol. The van der Waals surface area contributed by atoms with Crippen molar-refractivity contribution in [2.75, 3.05) is 19.6 Å². The van der Waals surface area contributed by atoms with Gasteiger partial charge in [-0.3, -0.25) is 24.0 Å². The van der Waals surface area contributed by atoms with Gasteiger partial charge in [-0.1, -0.05) is 94.6 Å². The van der Waals surface area contributed by atoms with E-state index in [1.54, 1.807) is 6.92 Å². The standard InChI is InChI=1S/C48H67N5O6S/c1-33-42-38(37-19-12-13-20-39(37)49-33)22-25-47(59-42)31-41-43(54)50-48(45(56)51-60(57,58)46(2)26-27-46)30-36(48)18-6-4-3-5-7-21-40(44(55)53(41)32-47)52(28-23-34-14-8-9-15-34)29-24-35-16-10-11-17-35/h6,12-13,18-20,34-36,40-41H,3-5,7-11,14-17,21-32H2,1-2H3,(H,50,54)(H,51,56). The van der Waals surface area contributed by atoms with Crippen molar-refractivity contribution < 1.29 is 27.5 Å². The molecule has 3 amide bonds. The molecule has 3 aliphatic heterocycles. The molecular weight excluding hydrogens is 775 g/mol. The number of sulfonamides is 1. The molecule has 0 radical (unpaired) electrons. The van der Waals surface area contributed by atoms with E-state index < -0.39 is 43.8 Å².